The zero-order valence-electron chi connectivity index (χ0n) is 15.4. The monoisotopic (exact) mass is 394 g/mol. The zero-order valence-corrected chi connectivity index (χ0v) is 17.4. The van der Waals surface area contributed by atoms with Gasteiger partial charge in [0.2, 0.25) is 0 Å². The molecule has 2 heteroatoms. The average Bonchev–Trinajstić information content (AvgIpc) is 2.76. The number of fused-ring (bicyclic) bond motifs is 3. The van der Waals surface area contributed by atoms with Gasteiger partial charge in [-0.05, 0) is 42.8 Å². The summed E-state index contributed by atoms with van der Waals surface area (Å²) in [5.41, 5.74) is 0. The molecule has 5 aromatic carbocycles. The normalized spacial score (nSPS) is 12.0. The van der Waals surface area contributed by atoms with Gasteiger partial charge in [-0.3, -0.25) is 0 Å². The Kier molecular flexibility index (Phi) is 4.92. The zero-order chi connectivity index (χ0) is 18.8. The second-order valence-corrected chi connectivity index (χ2v) is 9.55. The smallest absolute Gasteiger partial charge is 0.00707 e. The second-order valence-electron chi connectivity index (χ2n) is 6.85. The van der Waals surface area contributed by atoms with Crippen LogP contribution in [0.1, 0.15) is 0 Å². The van der Waals surface area contributed by atoms with Crippen molar-refractivity contribution >= 4 is 59.9 Å². The molecule has 0 fully saturated rings. The standard InChI is InChI=1S/C26H20P2/c1-3-10-20(11-4-1)27-25-18-17-23-22-14-8-7-9-19(22)15-16-24(23)26(25)28-21-12-5-2-6-13-21/h1-18,27-28H. The molecule has 0 bridgehead atoms. The molecule has 0 heterocycles. The quantitative estimate of drug-likeness (QED) is 0.288. The van der Waals surface area contributed by atoms with Gasteiger partial charge in [-0.1, -0.05) is 126 Å². The van der Waals surface area contributed by atoms with Crippen LogP contribution in [0.5, 0.6) is 0 Å². The molecule has 0 aromatic heterocycles. The molecular weight excluding hydrogens is 374 g/mol. The lowest BCUT2D eigenvalue weighted by Gasteiger charge is -2.15. The molecule has 2 atom stereocenters. The number of hydrogen-bond acceptors (Lipinski definition) is 0. The van der Waals surface area contributed by atoms with Crippen LogP contribution in [0.25, 0.3) is 21.5 Å². The van der Waals surface area contributed by atoms with Crippen molar-refractivity contribution in [1.82, 2.24) is 0 Å². The molecule has 2 unspecified atom stereocenters. The van der Waals surface area contributed by atoms with E-state index in [0.717, 1.165) is 0 Å². The molecule has 0 saturated heterocycles. The maximum atomic E-state index is 2.35. The largest absolute Gasteiger partial charge is 0.0622 e. The maximum absolute atomic E-state index is 2.35. The third kappa shape index (κ3) is 3.47. The minimum absolute atomic E-state index is 0.659. The molecule has 0 radical (unpaired) electrons. The van der Waals surface area contributed by atoms with Crippen molar-refractivity contribution in [2.24, 2.45) is 0 Å². The predicted octanol–water partition coefficient (Wildman–Crippen LogP) is 5.25. The molecule has 5 aromatic rings. The van der Waals surface area contributed by atoms with Crippen molar-refractivity contribution in [3.63, 3.8) is 0 Å². The van der Waals surface area contributed by atoms with Gasteiger partial charge in [-0.15, -0.1) is 0 Å². The van der Waals surface area contributed by atoms with Gasteiger partial charge in [0.05, 0.1) is 0 Å². The fourth-order valence-electron chi connectivity index (χ4n) is 3.67. The highest BCUT2D eigenvalue weighted by Crippen LogP contribution is 2.28. The van der Waals surface area contributed by atoms with Crippen LogP contribution in [-0.2, 0) is 0 Å². The van der Waals surface area contributed by atoms with Crippen LogP contribution < -0.4 is 21.2 Å². The summed E-state index contributed by atoms with van der Waals surface area (Å²) in [6, 6.07) is 39.7. The summed E-state index contributed by atoms with van der Waals surface area (Å²) < 4.78 is 0. The Morgan fingerprint density at radius 2 is 1.00 bits per heavy atom. The van der Waals surface area contributed by atoms with Crippen LogP contribution in [0.15, 0.2) is 109 Å². The van der Waals surface area contributed by atoms with Gasteiger partial charge >= 0.3 is 0 Å². The Morgan fingerprint density at radius 3 is 1.75 bits per heavy atom. The van der Waals surface area contributed by atoms with E-state index in [1.807, 2.05) is 0 Å². The second kappa shape index (κ2) is 7.84. The third-order valence-electron chi connectivity index (χ3n) is 5.02. The van der Waals surface area contributed by atoms with Crippen molar-refractivity contribution in [2.45, 2.75) is 0 Å². The maximum Gasteiger partial charge on any atom is -0.00707 e. The van der Waals surface area contributed by atoms with E-state index < -0.39 is 0 Å². The molecule has 0 amide bonds. The van der Waals surface area contributed by atoms with Crippen molar-refractivity contribution < 1.29 is 0 Å². The molecule has 0 nitrogen and oxygen atoms in total. The fourth-order valence-corrected chi connectivity index (χ4v) is 6.36. The van der Waals surface area contributed by atoms with E-state index in [4.69, 9.17) is 0 Å². The first-order chi connectivity index (χ1) is 13.9. The Morgan fingerprint density at radius 1 is 0.393 bits per heavy atom. The van der Waals surface area contributed by atoms with E-state index in [1.54, 1.807) is 0 Å². The molecule has 0 aliphatic rings. The van der Waals surface area contributed by atoms with Crippen molar-refractivity contribution in [3.8, 4) is 0 Å². The lowest BCUT2D eigenvalue weighted by molar-refractivity contribution is 1.77. The Labute approximate surface area is 169 Å². The third-order valence-corrected chi connectivity index (χ3v) is 7.99. The number of rotatable bonds is 4. The van der Waals surface area contributed by atoms with Crippen LogP contribution in [0.3, 0.4) is 0 Å². The Balaban J connectivity index is 1.71. The molecule has 5 rings (SSSR count). The van der Waals surface area contributed by atoms with Crippen LogP contribution in [-0.4, -0.2) is 0 Å². The highest BCUT2D eigenvalue weighted by molar-refractivity contribution is 7.62. The SMILES string of the molecule is c1ccc(Pc2ccc3c(ccc4ccccc43)c2Pc2ccccc2)cc1. The van der Waals surface area contributed by atoms with E-state index in [1.165, 1.54) is 42.8 Å². The summed E-state index contributed by atoms with van der Waals surface area (Å²) in [7, 11) is 1.33. The van der Waals surface area contributed by atoms with Crippen molar-refractivity contribution in [3.05, 3.63) is 109 Å². The molecule has 0 saturated carbocycles. The summed E-state index contributed by atoms with van der Waals surface area (Å²) in [6.07, 6.45) is 0. The first-order valence-electron chi connectivity index (χ1n) is 9.47. The van der Waals surface area contributed by atoms with Gasteiger partial charge in [0.25, 0.3) is 0 Å². The lowest BCUT2D eigenvalue weighted by atomic mass is 10.0. The van der Waals surface area contributed by atoms with Gasteiger partial charge in [-0.2, -0.15) is 0 Å². The first-order valence-corrected chi connectivity index (χ1v) is 11.5. The molecule has 0 aliphatic carbocycles. The van der Waals surface area contributed by atoms with E-state index in [-0.39, 0.29) is 0 Å². The van der Waals surface area contributed by atoms with Gasteiger partial charge in [-0.25, -0.2) is 0 Å². The molecule has 134 valence electrons. The van der Waals surface area contributed by atoms with E-state index in [2.05, 4.69) is 109 Å². The highest BCUT2D eigenvalue weighted by Gasteiger charge is 2.11. The minimum atomic E-state index is 0.659. The summed E-state index contributed by atoms with van der Waals surface area (Å²) in [5, 5.41) is 11.1. The van der Waals surface area contributed by atoms with Gasteiger partial charge in [0, 0.05) is 0 Å². The van der Waals surface area contributed by atoms with Crippen molar-refractivity contribution in [2.75, 3.05) is 0 Å². The first kappa shape index (κ1) is 17.6. The lowest BCUT2D eigenvalue weighted by Crippen LogP contribution is -2.21. The summed E-state index contributed by atoms with van der Waals surface area (Å²) in [6.45, 7) is 0. The van der Waals surface area contributed by atoms with Gasteiger partial charge in [0.15, 0.2) is 0 Å². The summed E-state index contributed by atoms with van der Waals surface area (Å²) >= 11 is 0. The van der Waals surface area contributed by atoms with E-state index in [9.17, 15) is 0 Å². The van der Waals surface area contributed by atoms with Gasteiger partial charge < -0.3 is 0 Å². The summed E-state index contributed by atoms with van der Waals surface area (Å²) in [5.74, 6) is 0. The van der Waals surface area contributed by atoms with Crippen LogP contribution in [0.2, 0.25) is 0 Å². The Bertz CT molecular complexity index is 1250. The molecule has 28 heavy (non-hydrogen) atoms. The van der Waals surface area contributed by atoms with E-state index in [0.29, 0.717) is 17.2 Å². The fraction of sp³-hybridized carbons (Fsp3) is 0. The van der Waals surface area contributed by atoms with Crippen LogP contribution in [0.4, 0.5) is 0 Å². The predicted molar refractivity (Wildman–Crippen MR) is 130 cm³/mol. The molecule has 0 aliphatic heterocycles. The average molecular weight is 394 g/mol. The van der Waals surface area contributed by atoms with Crippen LogP contribution in [0, 0.1) is 0 Å². The molecule has 0 N–H and O–H groups in total. The minimum Gasteiger partial charge on any atom is -0.0622 e. The van der Waals surface area contributed by atoms with Gasteiger partial charge in [0.1, 0.15) is 0 Å². The Hall–Kier alpha value is -2.52. The van der Waals surface area contributed by atoms with Crippen molar-refractivity contribution in [1.29, 1.82) is 0 Å². The van der Waals surface area contributed by atoms with Crippen LogP contribution >= 0.6 is 17.2 Å². The number of benzene rings is 5. The summed E-state index contributed by atoms with van der Waals surface area (Å²) in [4.78, 5) is 0. The highest BCUT2D eigenvalue weighted by atomic mass is 31.1. The topological polar surface area (TPSA) is 0 Å². The van der Waals surface area contributed by atoms with E-state index >= 15 is 0 Å². The number of hydrogen-bond donors (Lipinski definition) is 0. The molecule has 0 spiro atoms. The molecular formula is C26H20P2.